The van der Waals surface area contributed by atoms with E-state index in [9.17, 15) is 4.79 Å². The molecule has 0 unspecified atom stereocenters. The van der Waals surface area contributed by atoms with Gasteiger partial charge in [0.2, 0.25) is 17.8 Å². The number of nitrogens with zero attached hydrogens (tertiary/aromatic N) is 5. The van der Waals surface area contributed by atoms with Crippen molar-refractivity contribution in [1.82, 2.24) is 19.9 Å². The van der Waals surface area contributed by atoms with Crippen LogP contribution in [0.25, 0.3) is 0 Å². The van der Waals surface area contributed by atoms with Gasteiger partial charge in [0.05, 0.1) is 28.3 Å². The number of amides is 1. The highest BCUT2D eigenvalue weighted by molar-refractivity contribution is 6.39. The lowest BCUT2D eigenvalue weighted by Gasteiger charge is -2.24. The van der Waals surface area contributed by atoms with Crippen LogP contribution in [-0.4, -0.2) is 53.4 Å². The zero-order valence-electron chi connectivity index (χ0n) is 15.0. The maximum Gasteiger partial charge on any atom is 0.238 e. The van der Waals surface area contributed by atoms with Gasteiger partial charge < -0.3 is 16.0 Å². The summed E-state index contributed by atoms with van der Waals surface area (Å²) in [6.45, 7) is 1.97. The number of hydrogen-bond acceptors (Lipinski definition) is 7. The molecule has 0 aliphatic rings. The molecule has 2 rings (SSSR count). The highest BCUT2D eigenvalue weighted by Crippen LogP contribution is 2.29. The van der Waals surface area contributed by atoms with Gasteiger partial charge in [-0.05, 0) is 26.1 Å². The number of hydrogen-bond donors (Lipinski definition) is 2. The largest absolute Gasteiger partial charge is 0.368 e. The Kier molecular flexibility index (Phi) is 6.57. The van der Waals surface area contributed by atoms with Gasteiger partial charge >= 0.3 is 0 Å². The average Bonchev–Trinajstić information content (AvgIpc) is 2.57. The summed E-state index contributed by atoms with van der Waals surface area (Å²) in [5, 5.41) is 3.48. The number of carbonyl (C=O) groups excluding carboxylic acids is 1. The Morgan fingerprint density at radius 1 is 1.19 bits per heavy atom. The van der Waals surface area contributed by atoms with Gasteiger partial charge in [0, 0.05) is 14.1 Å². The van der Waals surface area contributed by atoms with Gasteiger partial charge in [0.25, 0.3) is 0 Å². The Labute approximate surface area is 162 Å². The van der Waals surface area contributed by atoms with Crippen molar-refractivity contribution in [2.45, 2.75) is 13.0 Å². The van der Waals surface area contributed by atoms with Gasteiger partial charge in [-0.2, -0.15) is 15.0 Å². The molecule has 0 aliphatic carbocycles. The molecule has 26 heavy (non-hydrogen) atoms. The van der Waals surface area contributed by atoms with Crippen molar-refractivity contribution in [3.63, 3.8) is 0 Å². The van der Waals surface area contributed by atoms with Crippen molar-refractivity contribution in [3.05, 3.63) is 34.1 Å². The molecule has 3 N–H and O–H groups in total. The van der Waals surface area contributed by atoms with E-state index >= 15 is 0 Å². The summed E-state index contributed by atoms with van der Waals surface area (Å²) in [4.78, 5) is 28.5. The van der Waals surface area contributed by atoms with Crippen molar-refractivity contribution in [1.29, 1.82) is 0 Å². The second-order valence-corrected chi connectivity index (χ2v) is 6.80. The van der Waals surface area contributed by atoms with E-state index in [1.54, 1.807) is 35.0 Å². The Balaban J connectivity index is 2.09. The SMILES string of the molecule is C[C@H](c1nc(N)nc(N(C)C)n1)N(C)CC(=O)Nc1c(Cl)cccc1Cl. The number of benzene rings is 1. The van der Waals surface area contributed by atoms with Crippen LogP contribution < -0.4 is 16.0 Å². The van der Waals surface area contributed by atoms with Crippen molar-refractivity contribution in [2.75, 3.05) is 43.6 Å². The van der Waals surface area contributed by atoms with E-state index in [0.717, 1.165) is 0 Å². The van der Waals surface area contributed by atoms with E-state index < -0.39 is 0 Å². The lowest BCUT2D eigenvalue weighted by Crippen LogP contribution is -2.33. The fourth-order valence-electron chi connectivity index (χ4n) is 2.14. The number of carbonyl (C=O) groups is 1. The molecular formula is C16H21Cl2N7O. The fourth-order valence-corrected chi connectivity index (χ4v) is 2.63. The molecule has 140 valence electrons. The van der Waals surface area contributed by atoms with E-state index in [1.807, 2.05) is 21.0 Å². The zero-order chi connectivity index (χ0) is 19.4. The molecule has 10 heteroatoms. The number of halogens is 2. The van der Waals surface area contributed by atoms with Crippen LogP contribution in [0, 0.1) is 0 Å². The third-order valence-electron chi connectivity index (χ3n) is 3.71. The first-order valence-corrected chi connectivity index (χ1v) is 8.57. The van der Waals surface area contributed by atoms with E-state index in [-0.39, 0.29) is 24.4 Å². The summed E-state index contributed by atoms with van der Waals surface area (Å²) in [5.74, 6) is 0.808. The third kappa shape index (κ3) is 4.94. The molecule has 0 spiro atoms. The zero-order valence-corrected chi connectivity index (χ0v) is 16.5. The standard InChI is InChI=1S/C16H21Cl2N7O/c1-9(14-21-15(19)23-16(22-14)24(2)3)25(4)8-12(26)20-13-10(17)6-5-7-11(13)18/h5-7,9H,8H2,1-4H3,(H,20,26)(H2,19,21,22,23)/t9-/m1/s1. The van der Waals surface area contributed by atoms with Gasteiger partial charge in [-0.25, -0.2) is 0 Å². The monoisotopic (exact) mass is 397 g/mol. The minimum absolute atomic E-state index is 0.0889. The number of nitrogens with one attached hydrogen (secondary N) is 1. The van der Waals surface area contributed by atoms with Crippen molar-refractivity contribution in [3.8, 4) is 0 Å². The lowest BCUT2D eigenvalue weighted by molar-refractivity contribution is -0.117. The van der Waals surface area contributed by atoms with Crippen LogP contribution in [0.4, 0.5) is 17.6 Å². The number of rotatable bonds is 6. The molecule has 0 saturated heterocycles. The predicted octanol–water partition coefficient (Wildman–Crippen LogP) is 2.46. The van der Waals surface area contributed by atoms with E-state index in [2.05, 4.69) is 20.3 Å². The summed E-state index contributed by atoms with van der Waals surface area (Å²) in [7, 11) is 5.41. The van der Waals surface area contributed by atoms with Crippen LogP contribution in [0.1, 0.15) is 18.8 Å². The first-order valence-electron chi connectivity index (χ1n) is 7.82. The Bertz CT molecular complexity index is 780. The number of nitrogens with two attached hydrogens (primary N) is 1. The summed E-state index contributed by atoms with van der Waals surface area (Å²) < 4.78 is 0. The molecule has 8 nitrogen and oxygen atoms in total. The van der Waals surface area contributed by atoms with Crippen LogP contribution in [0.2, 0.25) is 10.0 Å². The van der Waals surface area contributed by atoms with E-state index in [0.29, 0.717) is 27.5 Å². The topological polar surface area (TPSA) is 100 Å². The molecule has 0 saturated carbocycles. The molecule has 1 amide bonds. The predicted molar refractivity (Wildman–Crippen MR) is 105 cm³/mol. The van der Waals surface area contributed by atoms with Crippen LogP contribution >= 0.6 is 23.2 Å². The van der Waals surface area contributed by atoms with Gasteiger partial charge in [-0.15, -0.1) is 0 Å². The molecule has 0 radical (unpaired) electrons. The Morgan fingerprint density at radius 2 is 1.81 bits per heavy atom. The highest BCUT2D eigenvalue weighted by Gasteiger charge is 2.20. The van der Waals surface area contributed by atoms with Crippen LogP contribution in [0.3, 0.4) is 0 Å². The summed E-state index contributed by atoms with van der Waals surface area (Å²) in [5.41, 5.74) is 6.15. The van der Waals surface area contributed by atoms with Crippen LogP contribution in [-0.2, 0) is 4.79 Å². The molecule has 1 atom stereocenters. The number of anilines is 3. The summed E-state index contributed by atoms with van der Waals surface area (Å²) >= 11 is 12.1. The van der Waals surface area contributed by atoms with Gasteiger partial charge in [0.1, 0.15) is 0 Å². The normalized spacial score (nSPS) is 12.1. The molecule has 0 bridgehead atoms. The Hall–Kier alpha value is -2.16. The van der Waals surface area contributed by atoms with Gasteiger partial charge in [-0.1, -0.05) is 29.3 Å². The average molecular weight is 398 g/mol. The summed E-state index contributed by atoms with van der Waals surface area (Å²) in [6.07, 6.45) is 0. The smallest absolute Gasteiger partial charge is 0.238 e. The number of likely N-dealkylation sites (N-methyl/N-ethyl adjacent to an activating group) is 1. The molecular weight excluding hydrogens is 377 g/mol. The van der Waals surface area contributed by atoms with Crippen molar-refractivity contribution in [2.24, 2.45) is 0 Å². The molecule has 2 aromatic rings. The van der Waals surface area contributed by atoms with E-state index in [4.69, 9.17) is 28.9 Å². The quantitative estimate of drug-likeness (QED) is 0.771. The lowest BCUT2D eigenvalue weighted by atomic mass is 10.2. The van der Waals surface area contributed by atoms with Gasteiger partial charge in [0.15, 0.2) is 5.82 Å². The number of nitrogen functional groups attached to an aromatic ring is 1. The Morgan fingerprint density at radius 3 is 2.38 bits per heavy atom. The number of para-hydroxylation sites is 1. The highest BCUT2D eigenvalue weighted by atomic mass is 35.5. The maximum atomic E-state index is 12.3. The molecule has 0 fully saturated rings. The first-order chi connectivity index (χ1) is 12.2. The fraction of sp³-hybridized carbons (Fsp3) is 0.375. The molecule has 1 aromatic heterocycles. The minimum Gasteiger partial charge on any atom is -0.368 e. The van der Waals surface area contributed by atoms with Crippen molar-refractivity contribution >= 4 is 46.7 Å². The second-order valence-electron chi connectivity index (χ2n) is 5.98. The minimum atomic E-state index is -0.260. The van der Waals surface area contributed by atoms with Gasteiger partial charge in [-0.3, -0.25) is 9.69 Å². The molecule has 0 aliphatic heterocycles. The van der Waals surface area contributed by atoms with E-state index in [1.165, 1.54) is 0 Å². The summed E-state index contributed by atoms with van der Waals surface area (Å²) in [6, 6.07) is 4.77. The van der Waals surface area contributed by atoms with Crippen LogP contribution in [0.5, 0.6) is 0 Å². The second kappa shape index (κ2) is 8.48. The van der Waals surface area contributed by atoms with Crippen LogP contribution in [0.15, 0.2) is 18.2 Å². The molecule has 1 aromatic carbocycles. The maximum absolute atomic E-state index is 12.3. The van der Waals surface area contributed by atoms with Crippen molar-refractivity contribution < 1.29 is 4.79 Å². The number of aromatic nitrogens is 3. The third-order valence-corrected chi connectivity index (χ3v) is 4.34. The first kappa shape index (κ1) is 20.2. The molecule has 1 heterocycles.